The fourth-order valence-corrected chi connectivity index (χ4v) is 2.66. The minimum atomic E-state index is 0.472. The molecule has 3 heteroatoms. The normalized spacial score (nSPS) is 22.4. The van der Waals surface area contributed by atoms with E-state index in [1.807, 2.05) is 12.1 Å². The molecule has 2 nitrogen and oxygen atoms in total. The highest BCUT2D eigenvalue weighted by molar-refractivity contribution is 6.31. The van der Waals surface area contributed by atoms with Crippen LogP contribution in [0.1, 0.15) is 25.3 Å². The molecule has 17 heavy (non-hydrogen) atoms. The second-order valence-electron chi connectivity index (χ2n) is 4.91. The molecule has 1 saturated heterocycles. The van der Waals surface area contributed by atoms with Crippen LogP contribution in [0.3, 0.4) is 0 Å². The molecule has 94 valence electrons. The van der Waals surface area contributed by atoms with E-state index in [1.165, 1.54) is 18.4 Å². The highest BCUT2D eigenvalue weighted by atomic mass is 35.5. The molecule has 1 aliphatic rings. The van der Waals surface area contributed by atoms with Crippen LogP contribution in [0.5, 0.6) is 0 Å². The zero-order valence-corrected chi connectivity index (χ0v) is 11.1. The summed E-state index contributed by atoms with van der Waals surface area (Å²) < 4.78 is 0. The van der Waals surface area contributed by atoms with Gasteiger partial charge in [0.05, 0.1) is 0 Å². The Morgan fingerprint density at radius 2 is 2.29 bits per heavy atom. The first-order chi connectivity index (χ1) is 8.25. The van der Waals surface area contributed by atoms with Gasteiger partial charge >= 0.3 is 0 Å². The molecule has 0 spiro atoms. The maximum Gasteiger partial charge on any atom is 0.0438 e. The van der Waals surface area contributed by atoms with E-state index in [0.29, 0.717) is 12.1 Å². The summed E-state index contributed by atoms with van der Waals surface area (Å²) >= 11 is 6.17. The summed E-state index contributed by atoms with van der Waals surface area (Å²) in [4.78, 5) is 0. The van der Waals surface area contributed by atoms with Crippen LogP contribution in [0.25, 0.3) is 0 Å². The number of benzene rings is 1. The molecule has 0 aliphatic carbocycles. The maximum atomic E-state index is 6.17. The van der Waals surface area contributed by atoms with Gasteiger partial charge in [0.2, 0.25) is 0 Å². The van der Waals surface area contributed by atoms with Crippen LogP contribution in [0.15, 0.2) is 24.3 Å². The summed E-state index contributed by atoms with van der Waals surface area (Å²) in [6.07, 6.45) is 3.55. The smallest absolute Gasteiger partial charge is 0.0438 e. The Hall–Kier alpha value is -0.570. The number of rotatable bonds is 4. The van der Waals surface area contributed by atoms with Gasteiger partial charge in [0, 0.05) is 23.7 Å². The Balaban J connectivity index is 1.84. The summed E-state index contributed by atoms with van der Waals surface area (Å²) in [5.41, 5.74) is 1.23. The number of piperidine rings is 1. The molecule has 0 amide bonds. The molecule has 0 saturated carbocycles. The van der Waals surface area contributed by atoms with Gasteiger partial charge in [-0.05, 0) is 44.4 Å². The van der Waals surface area contributed by atoms with Gasteiger partial charge in [0.1, 0.15) is 0 Å². The van der Waals surface area contributed by atoms with Crippen molar-refractivity contribution >= 4 is 11.6 Å². The van der Waals surface area contributed by atoms with Crippen LogP contribution < -0.4 is 10.6 Å². The molecule has 0 bridgehead atoms. The van der Waals surface area contributed by atoms with Crippen molar-refractivity contribution in [3.8, 4) is 0 Å². The van der Waals surface area contributed by atoms with Gasteiger partial charge in [-0.25, -0.2) is 0 Å². The van der Waals surface area contributed by atoms with Crippen molar-refractivity contribution in [3.05, 3.63) is 34.9 Å². The zero-order valence-electron chi connectivity index (χ0n) is 10.4. The van der Waals surface area contributed by atoms with Gasteiger partial charge in [0.25, 0.3) is 0 Å². The van der Waals surface area contributed by atoms with Crippen molar-refractivity contribution in [2.24, 2.45) is 0 Å². The van der Waals surface area contributed by atoms with Crippen LogP contribution in [-0.4, -0.2) is 25.2 Å². The second-order valence-corrected chi connectivity index (χ2v) is 5.31. The van der Waals surface area contributed by atoms with Crippen LogP contribution in [0, 0.1) is 0 Å². The minimum absolute atomic E-state index is 0.472. The number of halogens is 1. The van der Waals surface area contributed by atoms with Gasteiger partial charge < -0.3 is 10.6 Å². The van der Waals surface area contributed by atoms with Crippen LogP contribution in [0.2, 0.25) is 5.02 Å². The average Bonchev–Trinajstić information content (AvgIpc) is 2.33. The standard InChI is InChI=1S/C14H21ClN2/c1-11(17-13-6-4-8-16-10-13)9-12-5-2-3-7-14(12)15/h2-3,5,7,11,13,16-17H,4,6,8-10H2,1H3. The predicted octanol–water partition coefficient (Wildman–Crippen LogP) is 2.61. The van der Waals surface area contributed by atoms with Gasteiger partial charge in [-0.1, -0.05) is 29.8 Å². The van der Waals surface area contributed by atoms with Crippen molar-refractivity contribution < 1.29 is 0 Å². The maximum absolute atomic E-state index is 6.17. The summed E-state index contributed by atoms with van der Waals surface area (Å²) in [6.45, 7) is 4.49. The van der Waals surface area contributed by atoms with E-state index < -0.39 is 0 Å². The molecule has 1 aliphatic heterocycles. The van der Waals surface area contributed by atoms with Crippen LogP contribution >= 0.6 is 11.6 Å². The van der Waals surface area contributed by atoms with Gasteiger partial charge in [-0.3, -0.25) is 0 Å². The topological polar surface area (TPSA) is 24.1 Å². The van der Waals surface area contributed by atoms with E-state index in [-0.39, 0.29) is 0 Å². The monoisotopic (exact) mass is 252 g/mol. The molecule has 1 aromatic rings. The number of hydrogen-bond acceptors (Lipinski definition) is 2. The lowest BCUT2D eigenvalue weighted by Gasteiger charge is -2.27. The Morgan fingerprint density at radius 1 is 1.47 bits per heavy atom. The van der Waals surface area contributed by atoms with E-state index in [2.05, 4.69) is 29.7 Å². The largest absolute Gasteiger partial charge is 0.315 e. The Labute approximate surface area is 109 Å². The third kappa shape index (κ3) is 3.98. The van der Waals surface area contributed by atoms with Crippen LogP contribution in [-0.2, 0) is 6.42 Å². The third-order valence-corrected chi connectivity index (χ3v) is 3.67. The summed E-state index contributed by atoms with van der Waals surface area (Å²) in [6, 6.07) is 9.19. The van der Waals surface area contributed by atoms with Gasteiger partial charge in [-0.15, -0.1) is 0 Å². The first-order valence-corrected chi connectivity index (χ1v) is 6.83. The predicted molar refractivity (Wildman–Crippen MR) is 73.6 cm³/mol. The lowest BCUT2D eigenvalue weighted by atomic mass is 10.0. The molecule has 1 heterocycles. The van der Waals surface area contributed by atoms with Crippen molar-refractivity contribution in [3.63, 3.8) is 0 Å². The average molecular weight is 253 g/mol. The first-order valence-electron chi connectivity index (χ1n) is 6.46. The fourth-order valence-electron chi connectivity index (χ4n) is 2.45. The van der Waals surface area contributed by atoms with E-state index in [4.69, 9.17) is 11.6 Å². The second kappa shape index (κ2) is 6.39. The van der Waals surface area contributed by atoms with E-state index in [9.17, 15) is 0 Å². The highest BCUT2D eigenvalue weighted by Crippen LogP contribution is 2.17. The number of hydrogen-bond donors (Lipinski definition) is 2. The van der Waals surface area contributed by atoms with Gasteiger partial charge in [-0.2, -0.15) is 0 Å². The molecule has 2 N–H and O–H groups in total. The Morgan fingerprint density at radius 3 is 3.00 bits per heavy atom. The summed E-state index contributed by atoms with van der Waals surface area (Å²) in [5.74, 6) is 0. The van der Waals surface area contributed by atoms with E-state index in [1.54, 1.807) is 0 Å². The lowest BCUT2D eigenvalue weighted by molar-refractivity contribution is 0.357. The third-order valence-electron chi connectivity index (χ3n) is 3.30. The molecular weight excluding hydrogens is 232 g/mol. The quantitative estimate of drug-likeness (QED) is 0.861. The molecule has 0 aromatic heterocycles. The molecule has 2 atom stereocenters. The molecular formula is C14H21ClN2. The van der Waals surface area contributed by atoms with Crippen LogP contribution in [0.4, 0.5) is 0 Å². The van der Waals surface area contributed by atoms with E-state index >= 15 is 0 Å². The van der Waals surface area contributed by atoms with E-state index in [0.717, 1.165) is 24.5 Å². The highest BCUT2D eigenvalue weighted by Gasteiger charge is 2.15. The van der Waals surface area contributed by atoms with Gasteiger partial charge in [0.15, 0.2) is 0 Å². The summed E-state index contributed by atoms with van der Waals surface area (Å²) in [5, 5.41) is 7.98. The SMILES string of the molecule is CC(Cc1ccccc1Cl)NC1CCCNC1. The summed E-state index contributed by atoms with van der Waals surface area (Å²) in [7, 11) is 0. The molecule has 1 fully saturated rings. The fraction of sp³-hybridized carbons (Fsp3) is 0.571. The zero-order chi connectivity index (χ0) is 12.1. The minimum Gasteiger partial charge on any atom is -0.315 e. The molecule has 2 rings (SSSR count). The lowest BCUT2D eigenvalue weighted by Crippen LogP contribution is -2.47. The first kappa shape index (κ1) is 12.9. The van der Waals surface area contributed by atoms with Crippen molar-refractivity contribution in [2.45, 2.75) is 38.3 Å². The Bertz CT molecular complexity index is 348. The van der Waals surface area contributed by atoms with Crippen molar-refractivity contribution in [1.82, 2.24) is 10.6 Å². The molecule has 0 radical (unpaired) electrons. The van der Waals surface area contributed by atoms with Crippen molar-refractivity contribution in [2.75, 3.05) is 13.1 Å². The molecule has 1 aromatic carbocycles. The van der Waals surface area contributed by atoms with Crippen molar-refractivity contribution in [1.29, 1.82) is 0 Å². The Kier molecular flexibility index (Phi) is 4.84. The molecule has 2 unspecified atom stereocenters. The number of nitrogens with one attached hydrogen (secondary N) is 2.